The van der Waals surface area contributed by atoms with Crippen LogP contribution in [0.4, 0.5) is 14.5 Å². The second kappa shape index (κ2) is 8.83. The van der Waals surface area contributed by atoms with Gasteiger partial charge in [-0.15, -0.1) is 0 Å². The van der Waals surface area contributed by atoms with Crippen molar-refractivity contribution in [1.29, 1.82) is 0 Å². The van der Waals surface area contributed by atoms with E-state index in [-0.39, 0.29) is 22.7 Å². The number of carbonyl (C=O) groups is 1. The van der Waals surface area contributed by atoms with Crippen LogP contribution in [-0.2, 0) is 4.79 Å². The Morgan fingerprint density at radius 3 is 2.55 bits per heavy atom. The molecule has 1 aliphatic rings. The molecule has 0 bridgehead atoms. The van der Waals surface area contributed by atoms with Crippen LogP contribution in [0.25, 0.3) is 11.1 Å². The van der Waals surface area contributed by atoms with Crippen molar-refractivity contribution < 1.29 is 27.6 Å². The molecule has 3 N–H and O–H groups in total. The van der Waals surface area contributed by atoms with Gasteiger partial charge >= 0.3 is 0 Å². The monoisotopic (exact) mass is 404 g/mol. The number of ether oxygens (including phenoxy) is 1. The number of rotatable bonds is 5. The maximum atomic E-state index is 14.7. The molecule has 0 atom stereocenters. The third-order valence-corrected chi connectivity index (χ3v) is 4.67. The van der Waals surface area contributed by atoms with E-state index >= 15 is 0 Å². The van der Waals surface area contributed by atoms with Crippen LogP contribution in [-0.4, -0.2) is 31.0 Å². The van der Waals surface area contributed by atoms with Crippen molar-refractivity contribution in [2.45, 2.75) is 19.3 Å². The Labute approximate surface area is 171 Å². The lowest BCUT2D eigenvalue weighted by molar-refractivity contribution is -0.113. The van der Waals surface area contributed by atoms with Gasteiger partial charge in [0.1, 0.15) is 28.9 Å². The van der Waals surface area contributed by atoms with Crippen molar-refractivity contribution in [3.63, 3.8) is 0 Å². The number of methoxy groups -OCH3 is 1. The quantitative estimate of drug-likeness (QED) is 0.399. The van der Waals surface area contributed by atoms with Crippen LogP contribution in [0, 0.1) is 11.6 Å². The topological polar surface area (TPSA) is 83.0 Å². The van der Waals surface area contributed by atoms with Crippen molar-refractivity contribution in [2.75, 3.05) is 19.4 Å². The van der Waals surface area contributed by atoms with Gasteiger partial charge in [0.2, 0.25) is 0 Å². The van der Waals surface area contributed by atoms with E-state index < -0.39 is 30.3 Å². The van der Waals surface area contributed by atoms with E-state index in [1.807, 2.05) is 5.48 Å². The number of hydrogen-bond donors (Lipinski definition) is 3. The number of nitrogens with zero attached hydrogens (tertiary/aromatic N) is 1. The molecular formula is C21H21F2N3O3. The zero-order valence-corrected chi connectivity index (χ0v) is 15.6. The minimum absolute atomic E-state index is 0.0206. The van der Waals surface area contributed by atoms with Gasteiger partial charge in [-0.05, 0) is 54.7 Å². The van der Waals surface area contributed by atoms with Gasteiger partial charge in [0.25, 0.3) is 5.91 Å². The highest BCUT2D eigenvalue weighted by molar-refractivity contribution is 6.11. The molecular weight excluding hydrogens is 380 g/mol. The molecule has 1 amide bonds. The van der Waals surface area contributed by atoms with Crippen LogP contribution in [0.3, 0.4) is 0 Å². The van der Waals surface area contributed by atoms with Crippen LogP contribution in [0.5, 0.6) is 5.75 Å². The fourth-order valence-electron chi connectivity index (χ4n) is 3.30. The summed E-state index contributed by atoms with van der Waals surface area (Å²) in [4.78, 5) is 16.5. The Hall–Kier alpha value is -3.26. The number of benzene rings is 2. The van der Waals surface area contributed by atoms with Crippen LogP contribution in [0.15, 0.2) is 52.5 Å². The lowest BCUT2D eigenvalue weighted by Crippen LogP contribution is -2.24. The van der Waals surface area contributed by atoms with E-state index in [9.17, 15) is 18.8 Å². The van der Waals surface area contributed by atoms with E-state index in [2.05, 4.69) is 10.3 Å². The number of nitrogens with one attached hydrogen (secondary N) is 2. The highest BCUT2D eigenvalue weighted by Crippen LogP contribution is 2.31. The van der Waals surface area contributed by atoms with E-state index in [1.54, 1.807) is 6.07 Å². The zero-order chi connectivity index (χ0) is 23.5. The molecule has 3 rings (SSSR count). The van der Waals surface area contributed by atoms with Crippen LogP contribution < -0.4 is 15.5 Å². The number of amides is 1. The van der Waals surface area contributed by atoms with Gasteiger partial charge < -0.3 is 10.1 Å². The molecule has 0 aromatic heterocycles. The van der Waals surface area contributed by atoms with Gasteiger partial charge in [-0.2, -0.15) is 0 Å². The summed E-state index contributed by atoms with van der Waals surface area (Å²) in [7, 11) is -1.22. The molecule has 152 valence electrons. The zero-order valence-electron chi connectivity index (χ0n) is 18.6. The number of hydroxylamine groups is 1. The van der Waals surface area contributed by atoms with Crippen molar-refractivity contribution in [2.24, 2.45) is 4.99 Å². The number of hydrogen-bond acceptors (Lipinski definition) is 4. The SMILES string of the molecule is [2H]C([2H])([2H])Oc1cccc(-c2cc(F)c(NC(=O)C3=C(C(=NC)NO)CCC3)c(F)c2)c1. The maximum absolute atomic E-state index is 14.7. The number of anilines is 1. The largest absolute Gasteiger partial charge is 0.497 e. The van der Waals surface area contributed by atoms with Gasteiger partial charge in [0.05, 0.1) is 11.2 Å². The number of halogens is 2. The summed E-state index contributed by atoms with van der Waals surface area (Å²) in [5.41, 5.74) is 2.55. The highest BCUT2D eigenvalue weighted by Gasteiger charge is 2.25. The minimum Gasteiger partial charge on any atom is -0.497 e. The highest BCUT2D eigenvalue weighted by atomic mass is 19.1. The standard InChI is InChI=1S/C21H21F2N3O3/c1-24-20(26-28)15-7-4-8-16(15)21(27)25-19-17(22)10-13(11-18(19)23)12-5-3-6-14(9-12)29-2/h3,5-6,9-11,28H,4,7-8H2,1-2H3,(H,24,26)(H,25,27)/i2D3. The molecule has 0 fully saturated rings. The first-order valence-electron chi connectivity index (χ1n) is 10.3. The molecule has 1 aliphatic carbocycles. The first-order valence-corrected chi connectivity index (χ1v) is 8.82. The third-order valence-electron chi connectivity index (χ3n) is 4.67. The fraction of sp³-hybridized carbons (Fsp3) is 0.238. The Morgan fingerprint density at radius 1 is 1.17 bits per heavy atom. The predicted octanol–water partition coefficient (Wildman–Crippen LogP) is 4.07. The van der Waals surface area contributed by atoms with Gasteiger partial charge in [0.15, 0.2) is 0 Å². The predicted molar refractivity (Wildman–Crippen MR) is 106 cm³/mol. The smallest absolute Gasteiger partial charge is 0.252 e. The molecule has 2 aromatic rings. The Kier molecular flexibility index (Phi) is 5.08. The molecule has 0 spiro atoms. The summed E-state index contributed by atoms with van der Waals surface area (Å²) in [6.45, 7) is 0. The second-order valence-corrected chi connectivity index (χ2v) is 6.39. The normalized spacial score (nSPS) is 16.1. The molecule has 0 radical (unpaired) electrons. The van der Waals surface area contributed by atoms with Crippen molar-refractivity contribution in [1.82, 2.24) is 5.48 Å². The van der Waals surface area contributed by atoms with E-state index in [4.69, 9.17) is 8.85 Å². The van der Waals surface area contributed by atoms with E-state index in [0.29, 0.717) is 30.4 Å². The molecule has 0 aliphatic heterocycles. The molecule has 6 nitrogen and oxygen atoms in total. The Morgan fingerprint density at radius 2 is 1.90 bits per heavy atom. The summed E-state index contributed by atoms with van der Waals surface area (Å²) in [5.74, 6) is -2.54. The van der Waals surface area contributed by atoms with E-state index in [1.165, 1.54) is 25.2 Å². The summed E-state index contributed by atoms with van der Waals surface area (Å²) in [6.07, 6.45) is 1.50. The second-order valence-electron chi connectivity index (χ2n) is 6.39. The van der Waals surface area contributed by atoms with Crippen LogP contribution in [0.2, 0.25) is 0 Å². The van der Waals surface area contributed by atoms with Crippen molar-refractivity contribution in [3.8, 4) is 16.9 Å². The number of amidine groups is 1. The number of aliphatic imine (C=N–C) groups is 1. The lowest BCUT2D eigenvalue weighted by Gasteiger charge is -2.13. The minimum atomic E-state index is -2.66. The van der Waals surface area contributed by atoms with Crippen LogP contribution in [0.1, 0.15) is 23.4 Å². The van der Waals surface area contributed by atoms with Gasteiger partial charge in [0, 0.05) is 18.2 Å². The molecule has 0 saturated carbocycles. The summed E-state index contributed by atoms with van der Waals surface area (Å²) in [6, 6.07) is 7.87. The summed E-state index contributed by atoms with van der Waals surface area (Å²) >= 11 is 0. The Balaban J connectivity index is 1.88. The van der Waals surface area contributed by atoms with Crippen LogP contribution >= 0.6 is 0 Å². The number of carbonyl (C=O) groups excluding carboxylic acids is 1. The first-order chi connectivity index (χ1) is 15.1. The molecule has 0 saturated heterocycles. The molecule has 0 unspecified atom stereocenters. The van der Waals surface area contributed by atoms with Crippen molar-refractivity contribution in [3.05, 3.63) is 59.2 Å². The lowest BCUT2D eigenvalue weighted by atomic mass is 10.0. The summed E-state index contributed by atoms with van der Waals surface area (Å²) < 4.78 is 55.8. The van der Waals surface area contributed by atoms with Crippen molar-refractivity contribution >= 4 is 17.4 Å². The average Bonchev–Trinajstić information content (AvgIpc) is 3.20. The molecule has 8 heteroatoms. The average molecular weight is 404 g/mol. The molecule has 2 aromatic carbocycles. The first kappa shape index (κ1) is 16.7. The summed E-state index contributed by atoms with van der Waals surface area (Å²) in [5, 5.41) is 11.4. The van der Waals surface area contributed by atoms with E-state index in [0.717, 1.165) is 12.1 Å². The maximum Gasteiger partial charge on any atom is 0.252 e. The van der Waals surface area contributed by atoms with Gasteiger partial charge in [-0.1, -0.05) is 12.1 Å². The fourth-order valence-corrected chi connectivity index (χ4v) is 3.30. The van der Waals surface area contributed by atoms with Gasteiger partial charge in [-0.3, -0.25) is 20.5 Å². The third kappa shape index (κ3) is 4.27. The molecule has 29 heavy (non-hydrogen) atoms. The van der Waals surface area contributed by atoms with Gasteiger partial charge in [-0.25, -0.2) is 8.78 Å². The molecule has 0 heterocycles. The Bertz CT molecular complexity index is 1080.